The van der Waals surface area contributed by atoms with Gasteiger partial charge in [-0.15, -0.1) is 0 Å². The van der Waals surface area contributed by atoms with Crippen molar-refractivity contribution in [3.8, 4) is 0 Å². The van der Waals surface area contributed by atoms with Gasteiger partial charge in [0.15, 0.2) is 0 Å². The molecular weight excluding hydrogens is 263 g/mol. The Kier molecular flexibility index (Phi) is 8.51. The zero-order chi connectivity index (χ0) is 15.8. The molecule has 0 radical (unpaired) electrons. The normalized spacial score (nSPS) is 14.4. The maximum atomic E-state index is 12.7. The van der Waals surface area contributed by atoms with Crippen LogP contribution in [-0.2, 0) is 6.18 Å². The molecule has 2 rings (SSSR count). The van der Waals surface area contributed by atoms with E-state index in [1.807, 2.05) is 13.8 Å². The van der Waals surface area contributed by atoms with Gasteiger partial charge in [0.05, 0.1) is 0 Å². The summed E-state index contributed by atoms with van der Waals surface area (Å²) in [5.41, 5.74) is 0.108. The monoisotopic (exact) mass is 289 g/mol. The van der Waals surface area contributed by atoms with Gasteiger partial charge in [-0.05, 0) is 37.3 Å². The second-order valence-electron chi connectivity index (χ2n) is 4.72. The molecule has 116 valence electrons. The van der Waals surface area contributed by atoms with Gasteiger partial charge in [0.25, 0.3) is 0 Å². The standard InChI is InChI=1S/C11H12F3N.C3H8.C2H6/c1-7-5-6-9(8-3-2-4-8)10(15-7)11(12,13)14;1-3-2;1-2/h5-6,8H,2-4H2,1H3;3H2,1-2H3;1-2H3. The highest BCUT2D eigenvalue weighted by Gasteiger charge is 2.38. The molecule has 1 aromatic rings. The van der Waals surface area contributed by atoms with Crippen molar-refractivity contribution in [1.29, 1.82) is 0 Å². The molecule has 4 heteroatoms. The number of aromatic nitrogens is 1. The van der Waals surface area contributed by atoms with Crippen LogP contribution in [0.25, 0.3) is 0 Å². The molecule has 0 spiro atoms. The van der Waals surface area contributed by atoms with E-state index in [0.29, 0.717) is 11.3 Å². The minimum atomic E-state index is -4.32. The van der Waals surface area contributed by atoms with E-state index in [1.54, 1.807) is 19.1 Å². The molecule has 0 N–H and O–H groups in total. The predicted octanol–water partition coefficient (Wildman–Crippen LogP) is 6.12. The van der Waals surface area contributed by atoms with Crippen LogP contribution in [0.1, 0.15) is 76.2 Å². The highest BCUT2D eigenvalue weighted by molar-refractivity contribution is 5.29. The smallest absolute Gasteiger partial charge is 0.248 e. The number of hydrogen-bond donors (Lipinski definition) is 0. The van der Waals surface area contributed by atoms with Gasteiger partial charge in [-0.25, -0.2) is 4.98 Å². The average Bonchev–Trinajstić information content (AvgIpc) is 2.31. The third kappa shape index (κ3) is 5.51. The first-order valence-corrected chi connectivity index (χ1v) is 7.44. The minimum absolute atomic E-state index is 0.0646. The first kappa shape index (κ1) is 18.9. The van der Waals surface area contributed by atoms with Gasteiger partial charge in [-0.3, -0.25) is 0 Å². The van der Waals surface area contributed by atoms with Gasteiger partial charge in [-0.2, -0.15) is 13.2 Å². The number of rotatable bonds is 1. The molecule has 1 heterocycles. The lowest BCUT2D eigenvalue weighted by molar-refractivity contribution is -0.142. The lowest BCUT2D eigenvalue weighted by Crippen LogP contribution is -2.18. The summed E-state index contributed by atoms with van der Waals surface area (Å²) in [4.78, 5) is 3.62. The molecule has 0 saturated heterocycles. The number of alkyl halides is 3. The molecule has 1 aliphatic carbocycles. The van der Waals surface area contributed by atoms with Crippen molar-refractivity contribution in [1.82, 2.24) is 4.98 Å². The van der Waals surface area contributed by atoms with E-state index in [0.717, 1.165) is 19.3 Å². The number of nitrogens with zero attached hydrogens (tertiary/aromatic N) is 1. The van der Waals surface area contributed by atoms with Crippen molar-refractivity contribution in [3.05, 3.63) is 29.1 Å². The minimum Gasteiger partial charge on any atom is -0.248 e. The van der Waals surface area contributed by atoms with E-state index in [2.05, 4.69) is 18.8 Å². The molecule has 0 aromatic carbocycles. The zero-order valence-corrected chi connectivity index (χ0v) is 13.1. The van der Waals surface area contributed by atoms with Crippen LogP contribution < -0.4 is 0 Å². The van der Waals surface area contributed by atoms with E-state index in [-0.39, 0.29) is 5.92 Å². The molecule has 20 heavy (non-hydrogen) atoms. The summed E-state index contributed by atoms with van der Waals surface area (Å²) < 4.78 is 38.1. The highest BCUT2D eigenvalue weighted by Crippen LogP contribution is 2.42. The summed E-state index contributed by atoms with van der Waals surface area (Å²) in [6.45, 7) is 9.83. The van der Waals surface area contributed by atoms with Crippen LogP contribution >= 0.6 is 0 Å². The number of pyridine rings is 1. The van der Waals surface area contributed by atoms with Crippen LogP contribution in [0.5, 0.6) is 0 Å². The Morgan fingerprint density at radius 1 is 1.15 bits per heavy atom. The number of aryl methyl sites for hydroxylation is 1. The Hall–Kier alpha value is -1.06. The van der Waals surface area contributed by atoms with Crippen LogP contribution in [0, 0.1) is 6.92 Å². The molecule has 1 saturated carbocycles. The van der Waals surface area contributed by atoms with Crippen molar-refractivity contribution >= 4 is 0 Å². The number of halogens is 3. The van der Waals surface area contributed by atoms with Crippen LogP contribution in [-0.4, -0.2) is 4.98 Å². The summed E-state index contributed by atoms with van der Waals surface area (Å²) in [5, 5.41) is 0. The quantitative estimate of drug-likeness (QED) is 0.607. The molecule has 1 aliphatic rings. The van der Waals surface area contributed by atoms with Crippen molar-refractivity contribution in [2.45, 2.75) is 72.4 Å². The lowest BCUT2D eigenvalue weighted by Gasteiger charge is -2.28. The third-order valence-electron chi connectivity index (χ3n) is 2.88. The first-order chi connectivity index (χ1) is 9.40. The fraction of sp³-hybridized carbons (Fsp3) is 0.688. The Balaban J connectivity index is 0.000000641. The van der Waals surface area contributed by atoms with E-state index in [4.69, 9.17) is 0 Å². The van der Waals surface area contributed by atoms with Crippen LogP contribution in [0.2, 0.25) is 0 Å². The average molecular weight is 289 g/mol. The first-order valence-electron chi connectivity index (χ1n) is 7.44. The lowest BCUT2D eigenvalue weighted by atomic mass is 9.79. The second-order valence-corrected chi connectivity index (χ2v) is 4.72. The van der Waals surface area contributed by atoms with Crippen molar-refractivity contribution in [2.75, 3.05) is 0 Å². The molecule has 1 nitrogen and oxygen atoms in total. The van der Waals surface area contributed by atoms with Gasteiger partial charge < -0.3 is 0 Å². The van der Waals surface area contributed by atoms with Crippen molar-refractivity contribution in [3.63, 3.8) is 0 Å². The maximum absolute atomic E-state index is 12.7. The number of hydrogen-bond acceptors (Lipinski definition) is 1. The molecule has 0 bridgehead atoms. The summed E-state index contributed by atoms with van der Waals surface area (Å²) in [5.74, 6) is 0.0646. The molecule has 1 fully saturated rings. The van der Waals surface area contributed by atoms with E-state index in [9.17, 15) is 13.2 Å². The summed E-state index contributed by atoms with van der Waals surface area (Å²) in [6, 6.07) is 3.23. The second kappa shape index (κ2) is 8.98. The fourth-order valence-corrected chi connectivity index (χ4v) is 1.84. The molecule has 0 amide bonds. The highest BCUT2D eigenvalue weighted by atomic mass is 19.4. The van der Waals surface area contributed by atoms with Gasteiger partial charge >= 0.3 is 6.18 Å². The molecule has 0 unspecified atom stereocenters. The van der Waals surface area contributed by atoms with Crippen molar-refractivity contribution < 1.29 is 13.2 Å². The fourth-order valence-electron chi connectivity index (χ4n) is 1.84. The zero-order valence-electron chi connectivity index (χ0n) is 13.1. The molecule has 1 aromatic heterocycles. The molecular formula is C16H26F3N. The summed E-state index contributed by atoms with van der Waals surface area (Å²) in [7, 11) is 0. The van der Waals surface area contributed by atoms with Crippen LogP contribution in [0.4, 0.5) is 13.2 Å². The topological polar surface area (TPSA) is 12.9 Å². The molecule has 0 aliphatic heterocycles. The maximum Gasteiger partial charge on any atom is 0.433 e. The third-order valence-corrected chi connectivity index (χ3v) is 2.88. The van der Waals surface area contributed by atoms with E-state index < -0.39 is 11.9 Å². The summed E-state index contributed by atoms with van der Waals surface area (Å²) in [6.07, 6.45) is -0.339. The van der Waals surface area contributed by atoms with Gasteiger partial charge in [0.2, 0.25) is 0 Å². The largest absolute Gasteiger partial charge is 0.433 e. The Bertz CT molecular complexity index is 382. The van der Waals surface area contributed by atoms with E-state index in [1.165, 1.54) is 6.42 Å². The van der Waals surface area contributed by atoms with Gasteiger partial charge in [0, 0.05) is 5.69 Å². The SMILES string of the molecule is CC.CCC.Cc1ccc(C2CCC2)c(C(F)(F)F)n1. The predicted molar refractivity (Wildman–Crippen MR) is 77.9 cm³/mol. The van der Waals surface area contributed by atoms with Crippen LogP contribution in [0.3, 0.4) is 0 Å². The van der Waals surface area contributed by atoms with Crippen LogP contribution in [0.15, 0.2) is 12.1 Å². The summed E-state index contributed by atoms with van der Waals surface area (Å²) >= 11 is 0. The van der Waals surface area contributed by atoms with E-state index >= 15 is 0 Å². The Morgan fingerprint density at radius 3 is 2.00 bits per heavy atom. The Morgan fingerprint density at radius 2 is 1.65 bits per heavy atom. The van der Waals surface area contributed by atoms with Gasteiger partial charge in [-0.1, -0.05) is 46.6 Å². The Labute approximate surface area is 120 Å². The molecule has 0 atom stereocenters. The van der Waals surface area contributed by atoms with Crippen molar-refractivity contribution in [2.24, 2.45) is 0 Å². The van der Waals surface area contributed by atoms with Gasteiger partial charge in [0.1, 0.15) is 5.69 Å².